The zero-order valence-electron chi connectivity index (χ0n) is 12.4. The van der Waals surface area contributed by atoms with Crippen LogP contribution in [-0.4, -0.2) is 17.4 Å². The van der Waals surface area contributed by atoms with Crippen LogP contribution in [0.3, 0.4) is 0 Å². The quantitative estimate of drug-likeness (QED) is 0.699. The molecule has 3 N–H and O–H groups in total. The molecule has 3 aromatic rings. The fraction of sp³-hybridized carbons (Fsp3) is 0.133. The molecule has 1 aromatic heterocycles. The Bertz CT molecular complexity index is 1100. The molecule has 0 atom stereocenters. The van der Waals surface area contributed by atoms with Crippen LogP contribution in [0.5, 0.6) is 0 Å². The Hall–Kier alpha value is -2.61. The summed E-state index contributed by atoms with van der Waals surface area (Å²) in [6.45, 7) is 3.19. The van der Waals surface area contributed by atoms with Crippen LogP contribution >= 0.6 is 0 Å². The number of aromatic amines is 1. The SMILES string of the molecule is Cc1cc2c(cc1N)[nH]c(=O)n2S(=O)(=O)c1ccc(F)cc1C. The zero-order valence-corrected chi connectivity index (χ0v) is 13.2. The van der Waals surface area contributed by atoms with E-state index in [1.165, 1.54) is 19.1 Å². The van der Waals surface area contributed by atoms with E-state index >= 15 is 0 Å². The Kier molecular flexibility index (Phi) is 3.29. The van der Waals surface area contributed by atoms with Crippen molar-refractivity contribution in [2.75, 3.05) is 5.73 Å². The number of fused-ring (bicyclic) bond motifs is 1. The maximum absolute atomic E-state index is 13.2. The highest BCUT2D eigenvalue weighted by molar-refractivity contribution is 7.90. The highest BCUT2D eigenvalue weighted by atomic mass is 32.2. The monoisotopic (exact) mass is 335 g/mol. The molecule has 6 nitrogen and oxygen atoms in total. The first-order valence-corrected chi connectivity index (χ1v) is 8.18. The van der Waals surface area contributed by atoms with Crippen molar-refractivity contribution in [3.8, 4) is 0 Å². The summed E-state index contributed by atoms with van der Waals surface area (Å²) in [4.78, 5) is 14.5. The average Bonchev–Trinajstić information content (AvgIpc) is 2.74. The van der Waals surface area contributed by atoms with Gasteiger partial charge in [0.15, 0.2) is 0 Å². The van der Waals surface area contributed by atoms with Crippen molar-refractivity contribution < 1.29 is 12.8 Å². The summed E-state index contributed by atoms with van der Waals surface area (Å²) in [7, 11) is -4.16. The number of anilines is 1. The highest BCUT2D eigenvalue weighted by Crippen LogP contribution is 2.24. The molecule has 1 heterocycles. The van der Waals surface area contributed by atoms with E-state index in [4.69, 9.17) is 5.73 Å². The van der Waals surface area contributed by atoms with Gasteiger partial charge < -0.3 is 10.7 Å². The molecule has 0 spiro atoms. The number of hydrogen-bond donors (Lipinski definition) is 2. The lowest BCUT2D eigenvalue weighted by Crippen LogP contribution is -2.25. The largest absolute Gasteiger partial charge is 0.398 e. The van der Waals surface area contributed by atoms with Gasteiger partial charge in [-0.2, -0.15) is 3.97 Å². The number of aryl methyl sites for hydroxylation is 2. The Morgan fingerprint density at radius 2 is 1.83 bits per heavy atom. The van der Waals surface area contributed by atoms with E-state index in [0.29, 0.717) is 20.7 Å². The predicted octanol–water partition coefficient (Wildman–Crippen LogP) is 1.90. The molecule has 23 heavy (non-hydrogen) atoms. The van der Waals surface area contributed by atoms with Crippen molar-refractivity contribution in [1.29, 1.82) is 0 Å². The lowest BCUT2D eigenvalue weighted by molar-refractivity contribution is 0.585. The van der Waals surface area contributed by atoms with E-state index in [-0.39, 0.29) is 16.0 Å². The minimum atomic E-state index is -4.16. The Balaban J connectivity index is 2.37. The number of H-pyrrole nitrogens is 1. The van der Waals surface area contributed by atoms with Gasteiger partial charge in [-0.25, -0.2) is 17.6 Å². The van der Waals surface area contributed by atoms with Gasteiger partial charge in [0.2, 0.25) is 0 Å². The number of nitrogens with one attached hydrogen (secondary N) is 1. The molecule has 0 bridgehead atoms. The van der Waals surface area contributed by atoms with E-state index in [1.807, 2.05) is 0 Å². The van der Waals surface area contributed by atoms with Crippen molar-refractivity contribution in [3.63, 3.8) is 0 Å². The van der Waals surface area contributed by atoms with Crippen LogP contribution in [0.15, 0.2) is 40.0 Å². The summed E-state index contributed by atoms with van der Waals surface area (Å²) in [6, 6.07) is 6.34. The number of nitrogens with zero attached hydrogens (tertiary/aromatic N) is 1. The van der Waals surface area contributed by atoms with Gasteiger partial charge in [0.1, 0.15) is 5.82 Å². The van der Waals surface area contributed by atoms with Gasteiger partial charge in [-0.3, -0.25) is 0 Å². The van der Waals surface area contributed by atoms with E-state index in [9.17, 15) is 17.6 Å². The third-order valence-electron chi connectivity index (χ3n) is 3.68. The van der Waals surface area contributed by atoms with Crippen molar-refractivity contribution in [2.24, 2.45) is 0 Å². The van der Waals surface area contributed by atoms with Gasteiger partial charge in [0.05, 0.1) is 15.9 Å². The minimum absolute atomic E-state index is 0.128. The number of rotatable bonds is 2. The Labute approximate surface area is 131 Å². The molecule has 2 aromatic carbocycles. The number of hydrogen-bond acceptors (Lipinski definition) is 4. The molecule has 0 aliphatic heterocycles. The van der Waals surface area contributed by atoms with Gasteiger partial charge >= 0.3 is 5.69 Å². The van der Waals surface area contributed by atoms with Gasteiger partial charge in [0, 0.05) is 5.69 Å². The summed E-state index contributed by atoms with van der Waals surface area (Å²) in [5.74, 6) is -0.545. The summed E-state index contributed by atoms with van der Waals surface area (Å²) in [5, 5.41) is 0. The second-order valence-electron chi connectivity index (χ2n) is 5.34. The molecule has 0 aliphatic rings. The Morgan fingerprint density at radius 3 is 2.48 bits per heavy atom. The van der Waals surface area contributed by atoms with Gasteiger partial charge in [0.25, 0.3) is 10.0 Å². The first kappa shape index (κ1) is 15.3. The maximum Gasteiger partial charge on any atom is 0.340 e. The Morgan fingerprint density at radius 1 is 1.13 bits per heavy atom. The molecular formula is C15H14FN3O3S. The van der Waals surface area contributed by atoms with Crippen LogP contribution in [0.4, 0.5) is 10.1 Å². The van der Waals surface area contributed by atoms with E-state index in [2.05, 4.69) is 4.98 Å². The van der Waals surface area contributed by atoms with Gasteiger partial charge in [-0.05, 0) is 55.3 Å². The normalized spacial score (nSPS) is 12.0. The number of aromatic nitrogens is 2. The lowest BCUT2D eigenvalue weighted by atomic mass is 10.2. The summed E-state index contributed by atoms with van der Waals surface area (Å²) in [6.07, 6.45) is 0. The van der Waals surface area contributed by atoms with Crippen molar-refractivity contribution in [1.82, 2.24) is 8.96 Å². The smallest absolute Gasteiger partial charge is 0.340 e. The van der Waals surface area contributed by atoms with Crippen molar-refractivity contribution in [2.45, 2.75) is 18.7 Å². The van der Waals surface area contributed by atoms with Crippen LogP contribution in [0.1, 0.15) is 11.1 Å². The van der Waals surface area contributed by atoms with Crippen LogP contribution in [0.2, 0.25) is 0 Å². The second kappa shape index (κ2) is 4.95. The standard InChI is InChI=1S/C15H14FN3O3S/c1-8-6-13-12(7-11(8)17)18-15(20)19(13)23(21,22)14-4-3-10(16)5-9(14)2/h3-7H,17H2,1-2H3,(H,18,20). The first-order chi connectivity index (χ1) is 10.7. The maximum atomic E-state index is 13.2. The molecule has 0 aliphatic carbocycles. The van der Waals surface area contributed by atoms with Crippen LogP contribution in [-0.2, 0) is 10.0 Å². The van der Waals surface area contributed by atoms with E-state index in [0.717, 1.165) is 18.2 Å². The molecule has 3 rings (SSSR count). The number of benzene rings is 2. The van der Waals surface area contributed by atoms with Crippen LogP contribution < -0.4 is 11.4 Å². The summed E-state index contributed by atoms with van der Waals surface area (Å²) < 4.78 is 39.6. The number of halogens is 1. The molecule has 0 radical (unpaired) electrons. The molecule has 0 fully saturated rings. The molecule has 0 unspecified atom stereocenters. The predicted molar refractivity (Wildman–Crippen MR) is 85.4 cm³/mol. The van der Waals surface area contributed by atoms with Crippen molar-refractivity contribution in [3.05, 3.63) is 57.8 Å². The number of nitrogens with two attached hydrogens (primary N) is 1. The first-order valence-electron chi connectivity index (χ1n) is 6.74. The zero-order chi connectivity index (χ0) is 16.9. The van der Waals surface area contributed by atoms with E-state index in [1.54, 1.807) is 6.92 Å². The third-order valence-corrected chi connectivity index (χ3v) is 5.54. The topological polar surface area (TPSA) is 97.9 Å². The molecule has 0 saturated carbocycles. The number of imidazole rings is 1. The fourth-order valence-corrected chi connectivity index (χ4v) is 4.07. The van der Waals surface area contributed by atoms with Gasteiger partial charge in [-0.1, -0.05) is 0 Å². The lowest BCUT2D eigenvalue weighted by Gasteiger charge is -2.09. The molecule has 8 heteroatoms. The summed E-state index contributed by atoms with van der Waals surface area (Å²) in [5.41, 5.74) is 6.82. The van der Waals surface area contributed by atoms with E-state index < -0.39 is 21.5 Å². The average molecular weight is 335 g/mol. The van der Waals surface area contributed by atoms with Gasteiger partial charge in [-0.15, -0.1) is 0 Å². The third kappa shape index (κ3) is 2.31. The van der Waals surface area contributed by atoms with Crippen molar-refractivity contribution >= 4 is 26.7 Å². The fourth-order valence-electron chi connectivity index (χ4n) is 2.49. The van der Waals surface area contributed by atoms with Crippen LogP contribution in [0.25, 0.3) is 11.0 Å². The molecular weight excluding hydrogens is 321 g/mol. The molecule has 0 amide bonds. The second-order valence-corrected chi connectivity index (χ2v) is 7.09. The summed E-state index contributed by atoms with van der Waals surface area (Å²) >= 11 is 0. The molecule has 120 valence electrons. The van der Waals surface area contributed by atoms with Crippen LogP contribution in [0, 0.1) is 19.7 Å². The minimum Gasteiger partial charge on any atom is -0.398 e. The molecule has 0 saturated heterocycles. The number of nitrogen functional groups attached to an aromatic ring is 1. The highest BCUT2D eigenvalue weighted by Gasteiger charge is 2.25.